The van der Waals surface area contributed by atoms with E-state index in [2.05, 4.69) is 22.4 Å². The fourth-order valence-electron chi connectivity index (χ4n) is 1.92. The molecule has 1 aromatic rings. The molecule has 0 saturated carbocycles. The van der Waals surface area contributed by atoms with Gasteiger partial charge in [0.05, 0.1) is 6.10 Å². The zero-order chi connectivity index (χ0) is 10.7. The molecular weight excluding hydrogens is 188 g/mol. The van der Waals surface area contributed by atoms with Crippen LogP contribution in [0.4, 0.5) is 0 Å². The van der Waals surface area contributed by atoms with Crippen LogP contribution in [0.1, 0.15) is 31.7 Å². The lowest BCUT2D eigenvalue weighted by molar-refractivity contribution is 0.232. The number of ether oxygens (including phenoxy) is 1. The van der Waals surface area contributed by atoms with Crippen molar-refractivity contribution in [3.05, 3.63) is 23.9 Å². The molecule has 1 unspecified atom stereocenters. The quantitative estimate of drug-likeness (QED) is 0.820. The van der Waals surface area contributed by atoms with Crippen molar-refractivity contribution in [3.63, 3.8) is 0 Å². The van der Waals surface area contributed by atoms with Gasteiger partial charge in [0.2, 0.25) is 5.88 Å². The van der Waals surface area contributed by atoms with E-state index in [0.717, 1.165) is 19.0 Å². The smallest absolute Gasteiger partial charge is 0.213 e. The summed E-state index contributed by atoms with van der Waals surface area (Å²) in [6.07, 6.45) is 3.24. The standard InChI is InChI=1S/C12H18N2O/c1-9(2)15-12-7-10(4-6-14-12)11-3-5-13-8-11/h4,6-7,9,11,13H,3,5,8H2,1-2H3. The Labute approximate surface area is 90.9 Å². The third-order valence-electron chi connectivity index (χ3n) is 2.65. The minimum Gasteiger partial charge on any atom is -0.475 e. The summed E-state index contributed by atoms with van der Waals surface area (Å²) in [5.41, 5.74) is 1.34. The maximum Gasteiger partial charge on any atom is 0.213 e. The molecule has 0 aromatic carbocycles. The molecule has 1 aliphatic heterocycles. The highest BCUT2D eigenvalue weighted by Crippen LogP contribution is 2.24. The van der Waals surface area contributed by atoms with E-state index >= 15 is 0 Å². The Morgan fingerprint density at radius 3 is 3.07 bits per heavy atom. The van der Waals surface area contributed by atoms with E-state index < -0.39 is 0 Å². The maximum atomic E-state index is 5.58. The Morgan fingerprint density at radius 1 is 1.53 bits per heavy atom. The Hall–Kier alpha value is -1.09. The van der Waals surface area contributed by atoms with E-state index in [0.29, 0.717) is 5.92 Å². The van der Waals surface area contributed by atoms with Gasteiger partial charge in [0.1, 0.15) is 0 Å². The van der Waals surface area contributed by atoms with Crippen LogP contribution in [0.25, 0.3) is 0 Å². The van der Waals surface area contributed by atoms with Crippen LogP contribution in [-0.2, 0) is 0 Å². The Bertz CT molecular complexity index is 319. The predicted octanol–water partition coefficient (Wildman–Crippen LogP) is 1.95. The second-order valence-electron chi connectivity index (χ2n) is 4.28. The molecule has 0 bridgehead atoms. The average Bonchev–Trinajstić information content (AvgIpc) is 2.69. The Kier molecular flexibility index (Phi) is 3.21. The molecular formula is C12H18N2O. The zero-order valence-electron chi connectivity index (χ0n) is 9.36. The molecule has 0 amide bonds. The fraction of sp³-hybridized carbons (Fsp3) is 0.583. The third-order valence-corrected chi connectivity index (χ3v) is 2.65. The first-order chi connectivity index (χ1) is 7.25. The van der Waals surface area contributed by atoms with Gasteiger partial charge < -0.3 is 10.1 Å². The van der Waals surface area contributed by atoms with Crippen LogP contribution < -0.4 is 10.1 Å². The fourth-order valence-corrected chi connectivity index (χ4v) is 1.92. The number of aromatic nitrogens is 1. The van der Waals surface area contributed by atoms with E-state index in [4.69, 9.17) is 4.74 Å². The van der Waals surface area contributed by atoms with Gasteiger partial charge in [-0.15, -0.1) is 0 Å². The number of nitrogens with zero attached hydrogens (tertiary/aromatic N) is 1. The minimum absolute atomic E-state index is 0.189. The van der Waals surface area contributed by atoms with Crippen LogP contribution in [0.2, 0.25) is 0 Å². The molecule has 2 heterocycles. The highest BCUT2D eigenvalue weighted by Gasteiger charge is 2.17. The molecule has 0 spiro atoms. The van der Waals surface area contributed by atoms with Crippen molar-refractivity contribution < 1.29 is 4.74 Å². The normalized spacial score (nSPS) is 20.9. The topological polar surface area (TPSA) is 34.1 Å². The predicted molar refractivity (Wildman–Crippen MR) is 60.2 cm³/mol. The first-order valence-electron chi connectivity index (χ1n) is 5.59. The first-order valence-corrected chi connectivity index (χ1v) is 5.59. The molecule has 15 heavy (non-hydrogen) atoms. The highest BCUT2D eigenvalue weighted by molar-refractivity contribution is 5.25. The van der Waals surface area contributed by atoms with Gasteiger partial charge in [-0.1, -0.05) is 0 Å². The van der Waals surface area contributed by atoms with E-state index in [1.807, 2.05) is 20.0 Å². The SMILES string of the molecule is CC(C)Oc1cc(C2CCNC2)ccn1. The van der Waals surface area contributed by atoms with Crippen LogP contribution in [0.15, 0.2) is 18.3 Å². The van der Waals surface area contributed by atoms with E-state index in [1.54, 1.807) is 0 Å². The average molecular weight is 206 g/mol. The van der Waals surface area contributed by atoms with Gasteiger partial charge in [-0.2, -0.15) is 0 Å². The molecule has 1 aliphatic rings. The number of nitrogens with one attached hydrogen (secondary N) is 1. The van der Waals surface area contributed by atoms with Gasteiger partial charge in [-0.05, 0) is 44.4 Å². The van der Waals surface area contributed by atoms with Crippen molar-refractivity contribution in [3.8, 4) is 5.88 Å². The van der Waals surface area contributed by atoms with Gasteiger partial charge in [0, 0.05) is 18.8 Å². The Balaban J connectivity index is 2.11. The third kappa shape index (κ3) is 2.69. The molecule has 1 N–H and O–H groups in total. The number of hydrogen-bond donors (Lipinski definition) is 1. The van der Waals surface area contributed by atoms with Crippen molar-refractivity contribution in [1.29, 1.82) is 0 Å². The zero-order valence-corrected chi connectivity index (χ0v) is 9.36. The van der Waals surface area contributed by atoms with Crippen LogP contribution in [0, 0.1) is 0 Å². The summed E-state index contributed by atoms with van der Waals surface area (Å²) in [4.78, 5) is 4.21. The first kappa shape index (κ1) is 10.4. The highest BCUT2D eigenvalue weighted by atomic mass is 16.5. The van der Waals surface area contributed by atoms with E-state index in [1.165, 1.54) is 12.0 Å². The lowest BCUT2D eigenvalue weighted by Crippen LogP contribution is -2.09. The van der Waals surface area contributed by atoms with Gasteiger partial charge in [0.25, 0.3) is 0 Å². The summed E-state index contributed by atoms with van der Waals surface area (Å²) in [5.74, 6) is 1.37. The number of pyridine rings is 1. The van der Waals surface area contributed by atoms with Crippen LogP contribution in [0.5, 0.6) is 5.88 Å². The van der Waals surface area contributed by atoms with Crippen molar-refractivity contribution >= 4 is 0 Å². The molecule has 0 radical (unpaired) electrons. The number of hydrogen-bond acceptors (Lipinski definition) is 3. The van der Waals surface area contributed by atoms with E-state index in [9.17, 15) is 0 Å². The van der Waals surface area contributed by atoms with Crippen molar-refractivity contribution in [1.82, 2.24) is 10.3 Å². The molecule has 1 atom stereocenters. The van der Waals surface area contributed by atoms with Crippen LogP contribution >= 0.6 is 0 Å². The molecule has 82 valence electrons. The summed E-state index contributed by atoms with van der Waals surface area (Å²) >= 11 is 0. The molecule has 1 saturated heterocycles. The number of rotatable bonds is 3. The summed E-state index contributed by atoms with van der Waals surface area (Å²) in [7, 11) is 0. The van der Waals surface area contributed by atoms with Crippen molar-refractivity contribution in [2.75, 3.05) is 13.1 Å². The maximum absolute atomic E-state index is 5.58. The largest absolute Gasteiger partial charge is 0.475 e. The molecule has 2 rings (SSSR count). The van der Waals surface area contributed by atoms with Gasteiger partial charge in [-0.25, -0.2) is 4.98 Å². The van der Waals surface area contributed by atoms with Crippen LogP contribution in [0.3, 0.4) is 0 Å². The summed E-state index contributed by atoms with van der Waals surface area (Å²) in [6.45, 7) is 6.23. The molecule has 3 heteroatoms. The summed E-state index contributed by atoms with van der Waals surface area (Å²) in [5, 5.41) is 3.37. The van der Waals surface area contributed by atoms with Gasteiger partial charge in [-0.3, -0.25) is 0 Å². The lowest BCUT2D eigenvalue weighted by atomic mass is 10.00. The molecule has 1 fully saturated rings. The van der Waals surface area contributed by atoms with Crippen LogP contribution in [-0.4, -0.2) is 24.2 Å². The van der Waals surface area contributed by atoms with E-state index in [-0.39, 0.29) is 6.10 Å². The lowest BCUT2D eigenvalue weighted by Gasteiger charge is -2.12. The summed E-state index contributed by atoms with van der Waals surface area (Å²) in [6, 6.07) is 4.16. The molecule has 3 nitrogen and oxygen atoms in total. The van der Waals surface area contributed by atoms with Crippen molar-refractivity contribution in [2.24, 2.45) is 0 Å². The minimum atomic E-state index is 0.189. The van der Waals surface area contributed by atoms with Gasteiger partial charge in [0.15, 0.2) is 0 Å². The van der Waals surface area contributed by atoms with Gasteiger partial charge >= 0.3 is 0 Å². The molecule has 0 aliphatic carbocycles. The molecule has 1 aromatic heterocycles. The second kappa shape index (κ2) is 4.62. The second-order valence-corrected chi connectivity index (χ2v) is 4.28. The van der Waals surface area contributed by atoms with Crippen molar-refractivity contribution in [2.45, 2.75) is 32.3 Å². The Morgan fingerprint density at radius 2 is 2.40 bits per heavy atom. The summed E-state index contributed by atoms with van der Waals surface area (Å²) < 4.78 is 5.58. The monoisotopic (exact) mass is 206 g/mol.